The first-order valence-corrected chi connectivity index (χ1v) is 7.48. The third-order valence-electron chi connectivity index (χ3n) is 3.57. The quantitative estimate of drug-likeness (QED) is 0.663. The highest BCUT2D eigenvalue weighted by Gasteiger charge is 2.13. The molecule has 114 valence electrons. The molecule has 0 N–H and O–H groups in total. The third kappa shape index (κ3) is 3.64. The van der Waals surface area contributed by atoms with Gasteiger partial charge in [0.25, 0.3) is 0 Å². The van der Waals surface area contributed by atoms with Crippen LogP contribution in [0.1, 0.15) is 27.2 Å². The predicted octanol–water partition coefficient (Wildman–Crippen LogP) is 4.20. The molecule has 3 nitrogen and oxygen atoms in total. The zero-order valence-corrected chi connectivity index (χ0v) is 12.9. The Bertz CT molecular complexity index is 798. The monoisotopic (exact) mass is 303 g/mol. The molecular formula is C20H17NO2. The molecule has 0 bridgehead atoms. The van der Waals surface area contributed by atoms with E-state index in [9.17, 15) is 4.79 Å². The van der Waals surface area contributed by atoms with Crippen LogP contribution in [0, 0.1) is 6.92 Å². The molecule has 0 aliphatic rings. The van der Waals surface area contributed by atoms with Crippen LogP contribution in [0.5, 0.6) is 5.88 Å². The number of ketones is 1. The van der Waals surface area contributed by atoms with E-state index in [-0.39, 0.29) is 5.78 Å². The number of aryl methyl sites for hydroxylation is 1. The number of ether oxygens (including phenoxy) is 1. The van der Waals surface area contributed by atoms with E-state index >= 15 is 0 Å². The second-order valence-electron chi connectivity index (χ2n) is 5.25. The fourth-order valence-electron chi connectivity index (χ4n) is 2.33. The zero-order chi connectivity index (χ0) is 16.1. The average molecular weight is 303 g/mol. The summed E-state index contributed by atoms with van der Waals surface area (Å²) in [5, 5.41) is 0. The molecule has 0 radical (unpaired) electrons. The molecule has 0 aliphatic heterocycles. The van der Waals surface area contributed by atoms with E-state index < -0.39 is 0 Å². The van der Waals surface area contributed by atoms with Gasteiger partial charge in [-0.05, 0) is 18.6 Å². The first-order valence-electron chi connectivity index (χ1n) is 7.48. The van der Waals surface area contributed by atoms with Crippen molar-refractivity contribution < 1.29 is 9.53 Å². The molecule has 0 amide bonds. The lowest BCUT2D eigenvalue weighted by Gasteiger charge is -2.09. The fourth-order valence-corrected chi connectivity index (χ4v) is 2.33. The number of nitrogens with zero attached hydrogens (tertiary/aromatic N) is 1. The van der Waals surface area contributed by atoms with Crippen LogP contribution in [-0.4, -0.2) is 10.8 Å². The molecule has 3 aromatic rings. The Morgan fingerprint density at radius 1 is 0.913 bits per heavy atom. The van der Waals surface area contributed by atoms with Crippen molar-refractivity contribution >= 4 is 5.78 Å². The van der Waals surface area contributed by atoms with Gasteiger partial charge in [-0.2, -0.15) is 0 Å². The molecule has 0 aliphatic carbocycles. The summed E-state index contributed by atoms with van der Waals surface area (Å²) >= 11 is 0. The van der Waals surface area contributed by atoms with Crippen molar-refractivity contribution in [2.75, 3.05) is 0 Å². The minimum Gasteiger partial charge on any atom is -0.473 e. The summed E-state index contributed by atoms with van der Waals surface area (Å²) in [6.45, 7) is 2.28. The van der Waals surface area contributed by atoms with Crippen LogP contribution in [0.3, 0.4) is 0 Å². The molecule has 0 saturated carbocycles. The standard InChI is InChI=1S/C20H17NO2/c1-15-18(20(22)17-10-6-3-7-11-17)12-13-19(21-15)23-14-16-8-4-2-5-9-16/h2-13H,14H2,1H3. The van der Waals surface area contributed by atoms with Crippen molar-refractivity contribution in [1.82, 2.24) is 4.98 Å². The topological polar surface area (TPSA) is 39.2 Å². The van der Waals surface area contributed by atoms with Gasteiger partial charge in [0.1, 0.15) is 6.61 Å². The Balaban J connectivity index is 1.74. The van der Waals surface area contributed by atoms with Crippen LogP contribution in [0.25, 0.3) is 0 Å². The van der Waals surface area contributed by atoms with Gasteiger partial charge in [-0.25, -0.2) is 4.98 Å². The average Bonchev–Trinajstić information content (AvgIpc) is 2.61. The Kier molecular flexibility index (Phi) is 4.48. The third-order valence-corrected chi connectivity index (χ3v) is 3.57. The molecule has 23 heavy (non-hydrogen) atoms. The van der Waals surface area contributed by atoms with Crippen LogP contribution in [0.15, 0.2) is 72.8 Å². The van der Waals surface area contributed by atoms with Gasteiger partial charge >= 0.3 is 0 Å². The normalized spacial score (nSPS) is 10.3. The Hall–Kier alpha value is -2.94. The first kappa shape index (κ1) is 15.0. The number of rotatable bonds is 5. The number of benzene rings is 2. The molecule has 0 unspecified atom stereocenters. The van der Waals surface area contributed by atoms with Crippen molar-refractivity contribution in [1.29, 1.82) is 0 Å². The SMILES string of the molecule is Cc1nc(OCc2ccccc2)ccc1C(=O)c1ccccc1. The lowest BCUT2D eigenvalue weighted by atomic mass is 10.0. The van der Waals surface area contributed by atoms with Crippen molar-refractivity contribution in [2.45, 2.75) is 13.5 Å². The minimum atomic E-state index is -0.0230. The Morgan fingerprint density at radius 2 is 1.57 bits per heavy atom. The van der Waals surface area contributed by atoms with E-state index in [1.807, 2.05) is 67.6 Å². The van der Waals surface area contributed by atoms with Crippen molar-refractivity contribution in [3.05, 3.63) is 95.2 Å². The van der Waals surface area contributed by atoms with E-state index in [1.54, 1.807) is 12.1 Å². The molecule has 3 rings (SSSR count). The van der Waals surface area contributed by atoms with Crippen molar-refractivity contribution in [3.63, 3.8) is 0 Å². The second kappa shape index (κ2) is 6.88. The summed E-state index contributed by atoms with van der Waals surface area (Å²) in [4.78, 5) is 16.9. The summed E-state index contributed by atoms with van der Waals surface area (Å²) in [5.74, 6) is 0.501. The zero-order valence-electron chi connectivity index (χ0n) is 12.9. The van der Waals surface area contributed by atoms with Crippen LogP contribution in [0.2, 0.25) is 0 Å². The molecular weight excluding hydrogens is 286 g/mol. The van der Waals surface area contributed by atoms with Gasteiger partial charge in [-0.1, -0.05) is 60.7 Å². The van der Waals surface area contributed by atoms with Gasteiger partial charge in [0.05, 0.1) is 5.69 Å². The first-order chi connectivity index (χ1) is 11.2. The highest BCUT2D eigenvalue weighted by Crippen LogP contribution is 2.17. The fraction of sp³-hybridized carbons (Fsp3) is 0.100. The maximum Gasteiger partial charge on any atom is 0.213 e. The highest BCUT2D eigenvalue weighted by atomic mass is 16.5. The maximum absolute atomic E-state index is 12.5. The number of hydrogen-bond acceptors (Lipinski definition) is 3. The number of aromatic nitrogens is 1. The lowest BCUT2D eigenvalue weighted by molar-refractivity contribution is 0.103. The van der Waals surface area contributed by atoms with Gasteiger partial charge in [0, 0.05) is 17.2 Å². The van der Waals surface area contributed by atoms with Gasteiger partial charge in [-0.15, -0.1) is 0 Å². The van der Waals surface area contributed by atoms with Gasteiger partial charge in [0.2, 0.25) is 5.88 Å². The largest absolute Gasteiger partial charge is 0.473 e. The lowest BCUT2D eigenvalue weighted by Crippen LogP contribution is -2.06. The molecule has 0 atom stereocenters. The van der Waals surface area contributed by atoms with E-state index in [4.69, 9.17) is 4.74 Å². The van der Waals surface area contributed by atoms with Crippen molar-refractivity contribution in [3.8, 4) is 5.88 Å². The molecule has 3 heteroatoms. The number of hydrogen-bond donors (Lipinski definition) is 0. The molecule has 2 aromatic carbocycles. The summed E-state index contributed by atoms with van der Waals surface area (Å²) < 4.78 is 5.69. The van der Waals surface area contributed by atoms with Crippen LogP contribution < -0.4 is 4.74 Å². The van der Waals surface area contributed by atoms with Gasteiger partial charge in [-0.3, -0.25) is 4.79 Å². The molecule has 0 fully saturated rings. The van der Waals surface area contributed by atoms with Crippen LogP contribution >= 0.6 is 0 Å². The van der Waals surface area contributed by atoms with E-state index in [2.05, 4.69) is 4.98 Å². The van der Waals surface area contributed by atoms with E-state index in [0.717, 1.165) is 5.56 Å². The molecule has 0 spiro atoms. The number of carbonyl (C=O) groups excluding carboxylic acids is 1. The molecule has 0 saturated heterocycles. The maximum atomic E-state index is 12.5. The molecule has 1 heterocycles. The minimum absolute atomic E-state index is 0.0230. The number of carbonyl (C=O) groups is 1. The predicted molar refractivity (Wildman–Crippen MR) is 89.6 cm³/mol. The van der Waals surface area contributed by atoms with Crippen LogP contribution in [0.4, 0.5) is 0 Å². The number of pyridine rings is 1. The summed E-state index contributed by atoms with van der Waals surface area (Å²) in [6, 6.07) is 22.6. The van der Waals surface area contributed by atoms with Crippen LogP contribution in [-0.2, 0) is 6.61 Å². The Morgan fingerprint density at radius 3 is 2.22 bits per heavy atom. The van der Waals surface area contributed by atoms with E-state index in [1.165, 1.54) is 0 Å². The summed E-state index contributed by atoms with van der Waals surface area (Å²) in [5.41, 5.74) is 3.01. The summed E-state index contributed by atoms with van der Waals surface area (Å²) in [6.07, 6.45) is 0. The smallest absolute Gasteiger partial charge is 0.213 e. The Labute approximate surface area is 135 Å². The van der Waals surface area contributed by atoms with Crippen molar-refractivity contribution in [2.24, 2.45) is 0 Å². The summed E-state index contributed by atoms with van der Waals surface area (Å²) in [7, 11) is 0. The second-order valence-corrected chi connectivity index (χ2v) is 5.25. The van der Waals surface area contributed by atoms with Gasteiger partial charge in [0.15, 0.2) is 5.78 Å². The molecule has 1 aromatic heterocycles. The van der Waals surface area contributed by atoms with E-state index in [0.29, 0.717) is 29.3 Å². The van der Waals surface area contributed by atoms with Gasteiger partial charge < -0.3 is 4.74 Å². The highest BCUT2D eigenvalue weighted by molar-refractivity contribution is 6.09.